The van der Waals surface area contributed by atoms with E-state index >= 15 is 0 Å². The molecule has 0 radical (unpaired) electrons. The Balaban J connectivity index is 2.64. The molecular weight excluding hydrogens is 312 g/mol. The first-order valence-electron chi connectivity index (χ1n) is 7.17. The van der Waals surface area contributed by atoms with Crippen LogP contribution in [0.1, 0.15) is 56.5 Å². The molecule has 0 saturated carbocycles. The van der Waals surface area contributed by atoms with Crippen LogP contribution in [0.3, 0.4) is 0 Å². The molecule has 0 saturated heterocycles. The van der Waals surface area contributed by atoms with Crippen LogP contribution in [0.5, 0.6) is 0 Å². The van der Waals surface area contributed by atoms with E-state index in [2.05, 4.69) is 63.5 Å². The minimum absolute atomic E-state index is 0.203. The van der Waals surface area contributed by atoms with E-state index in [1.54, 1.807) is 6.26 Å². The molecule has 0 N–H and O–H groups in total. The van der Waals surface area contributed by atoms with E-state index < -0.39 is 0 Å². The standard InChI is InChI=1S/C18H23BrO/c1-7-16-15(8-9-20-16)18(19)17-13(5)11(3)10(2)12(4)14(17)6/h8-9,18H,7H2,1-6H3. The van der Waals surface area contributed by atoms with Gasteiger partial charge in [-0.05, 0) is 74.1 Å². The van der Waals surface area contributed by atoms with Gasteiger partial charge in [-0.3, -0.25) is 0 Å². The van der Waals surface area contributed by atoms with Crippen LogP contribution in [0.4, 0.5) is 0 Å². The Labute approximate surface area is 130 Å². The Morgan fingerprint density at radius 2 is 1.45 bits per heavy atom. The van der Waals surface area contributed by atoms with Gasteiger partial charge in [0.15, 0.2) is 0 Å². The lowest BCUT2D eigenvalue weighted by atomic mass is 9.86. The minimum atomic E-state index is 0.203. The minimum Gasteiger partial charge on any atom is -0.469 e. The SMILES string of the molecule is CCc1occc1C(Br)c1c(C)c(C)c(C)c(C)c1C. The maximum atomic E-state index is 5.59. The Morgan fingerprint density at radius 3 is 1.95 bits per heavy atom. The van der Waals surface area contributed by atoms with Gasteiger partial charge in [0.1, 0.15) is 5.76 Å². The monoisotopic (exact) mass is 334 g/mol. The second kappa shape index (κ2) is 5.77. The van der Waals surface area contributed by atoms with Gasteiger partial charge < -0.3 is 4.42 Å². The molecule has 0 fully saturated rings. The second-order valence-electron chi connectivity index (χ2n) is 5.55. The highest BCUT2D eigenvalue weighted by atomic mass is 79.9. The highest BCUT2D eigenvalue weighted by Crippen LogP contribution is 2.40. The zero-order valence-electron chi connectivity index (χ0n) is 13.2. The smallest absolute Gasteiger partial charge is 0.108 e. The fraction of sp³-hybridized carbons (Fsp3) is 0.444. The topological polar surface area (TPSA) is 13.1 Å². The molecule has 2 aromatic rings. The van der Waals surface area contributed by atoms with Gasteiger partial charge in [-0.1, -0.05) is 22.9 Å². The number of hydrogen-bond acceptors (Lipinski definition) is 1. The molecule has 2 rings (SSSR count). The van der Waals surface area contributed by atoms with Crippen LogP contribution >= 0.6 is 15.9 Å². The van der Waals surface area contributed by atoms with E-state index in [1.807, 2.05) is 0 Å². The molecule has 1 heterocycles. The molecule has 1 aromatic heterocycles. The lowest BCUT2D eigenvalue weighted by Crippen LogP contribution is -2.06. The van der Waals surface area contributed by atoms with Crippen LogP contribution in [0.25, 0.3) is 0 Å². The third kappa shape index (κ3) is 2.35. The van der Waals surface area contributed by atoms with Crippen molar-refractivity contribution in [2.75, 3.05) is 0 Å². The molecule has 0 aliphatic rings. The summed E-state index contributed by atoms with van der Waals surface area (Å²) in [5.74, 6) is 1.07. The van der Waals surface area contributed by atoms with Crippen molar-refractivity contribution < 1.29 is 4.42 Å². The maximum Gasteiger partial charge on any atom is 0.108 e. The number of rotatable bonds is 3. The Hall–Kier alpha value is -1.02. The fourth-order valence-corrected chi connectivity index (χ4v) is 4.02. The molecule has 0 aliphatic heterocycles. The number of aryl methyl sites for hydroxylation is 1. The van der Waals surface area contributed by atoms with Crippen LogP contribution < -0.4 is 0 Å². The van der Waals surface area contributed by atoms with Crippen molar-refractivity contribution in [1.29, 1.82) is 0 Å². The number of furan rings is 1. The first-order valence-corrected chi connectivity index (χ1v) is 8.08. The van der Waals surface area contributed by atoms with Crippen molar-refractivity contribution in [3.05, 3.63) is 57.0 Å². The van der Waals surface area contributed by atoms with Gasteiger partial charge >= 0.3 is 0 Å². The molecule has 0 amide bonds. The molecule has 20 heavy (non-hydrogen) atoms. The zero-order valence-corrected chi connectivity index (χ0v) is 14.8. The Kier molecular flexibility index (Phi) is 4.43. The summed E-state index contributed by atoms with van der Waals surface area (Å²) in [4.78, 5) is 0.203. The number of halogens is 1. The van der Waals surface area contributed by atoms with Crippen LogP contribution in [0.15, 0.2) is 16.7 Å². The predicted molar refractivity (Wildman–Crippen MR) is 89.0 cm³/mol. The molecule has 0 spiro atoms. The van der Waals surface area contributed by atoms with Crippen molar-refractivity contribution in [3.63, 3.8) is 0 Å². The Bertz CT molecular complexity index is 608. The fourth-order valence-electron chi connectivity index (χ4n) is 2.93. The lowest BCUT2D eigenvalue weighted by molar-refractivity contribution is 0.512. The van der Waals surface area contributed by atoms with Gasteiger partial charge in [0.25, 0.3) is 0 Å². The molecule has 1 aromatic carbocycles. The molecule has 2 heteroatoms. The third-order valence-electron chi connectivity index (χ3n) is 4.69. The second-order valence-corrected chi connectivity index (χ2v) is 6.47. The van der Waals surface area contributed by atoms with E-state index in [0.29, 0.717) is 0 Å². The highest BCUT2D eigenvalue weighted by molar-refractivity contribution is 9.09. The van der Waals surface area contributed by atoms with Gasteiger partial charge in [0.05, 0.1) is 11.1 Å². The summed E-state index contributed by atoms with van der Waals surface area (Å²) in [6.45, 7) is 13.2. The van der Waals surface area contributed by atoms with Crippen LogP contribution in [-0.2, 0) is 6.42 Å². The van der Waals surface area contributed by atoms with E-state index in [9.17, 15) is 0 Å². The van der Waals surface area contributed by atoms with Gasteiger partial charge in [0, 0.05) is 12.0 Å². The summed E-state index contributed by atoms with van der Waals surface area (Å²) < 4.78 is 5.59. The number of benzene rings is 1. The van der Waals surface area contributed by atoms with Gasteiger partial charge in [-0.2, -0.15) is 0 Å². The largest absolute Gasteiger partial charge is 0.469 e. The van der Waals surface area contributed by atoms with E-state index in [4.69, 9.17) is 4.42 Å². The summed E-state index contributed by atoms with van der Waals surface area (Å²) in [5, 5.41) is 0. The Morgan fingerprint density at radius 1 is 0.950 bits per heavy atom. The van der Waals surface area contributed by atoms with Crippen LogP contribution in [-0.4, -0.2) is 0 Å². The van der Waals surface area contributed by atoms with Crippen LogP contribution in [0, 0.1) is 34.6 Å². The van der Waals surface area contributed by atoms with Gasteiger partial charge in [-0.25, -0.2) is 0 Å². The molecule has 108 valence electrons. The van der Waals surface area contributed by atoms with Gasteiger partial charge in [0.2, 0.25) is 0 Å². The summed E-state index contributed by atoms with van der Waals surface area (Å²) >= 11 is 3.90. The van der Waals surface area contributed by atoms with Crippen molar-refractivity contribution in [1.82, 2.24) is 0 Å². The first kappa shape index (κ1) is 15.4. The van der Waals surface area contributed by atoms with Crippen molar-refractivity contribution >= 4 is 15.9 Å². The van der Waals surface area contributed by atoms with E-state index in [0.717, 1.165) is 12.2 Å². The van der Waals surface area contributed by atoms with Crippen molar-refractivity contribution in [3.8, 4) is 0 Å². The summed E-state index contributed by atoms with van der Waals surface area (Å²) in [6.07, 6.45) is 2.72. The van der Waals surface area contributed by atoms with Crippen LogP contribution in [0.2, 0.25) is 0 Å². The zero-order chi connectivity index (χ0) is 15.0. The molecule has 1 nitrogen and oxygen atoms in total. The molecule has 0 bridgehead atoms. The molecule has 1 unspecified atom stereocenters. The summed E-state index contributed by atoms with van der Waals surface area (Å²) in [6, 6.07) is 2.08. The highest BCUT2D eigenvalue weighted by Gasteiger charge is 2.22. The lowest BCUT2D eigenvalue weighted by Gasteiger charge is -2.22. The number of hydrogen-bond donors (Lipinski definition) is 0. The average molecular weight is 335 g/mol. The van der Waals surface area contributed by atoms with Gasteiger partial charge in [-0.15, -0.1) is 0 Å². The summed E-state index contributed by atoms with van der Waals surface area (Å²) in [7, 11) is 0. The molecule has 0 aliphatic carbocycles. The van der Waals surface area contributed by atoms with E-state index in [-0.39, 0.29) is 4.83 Å². The normalized spacial score (nSPS) is 12.8. The molecular formula is C18H23BrO. The van der Waals surface area contributed by atoms with Crippen molar-refractivity contribution in [2.24, 2.45) is 0 Å². The van der Waals surface area contributed by atoms with Crippen molar-refractivity contribution in [2.45, 2.75) is 52.8 Å². The molecule has 1 atom stereocenters. The first-order chi connectivity index (χ1) is 9.40. The maximum absolute atomic E-state index is 5.59. The van der Waals surface area contributed by atoms with E-state index in [1.165, 1.54) is 38.9 Å². The quantitative estimate of drug-likeness (QED) is 0.640. The summed E-state index contributed by atoms with van der Waals surface area (Å²) in [5.41, 5.74) is 9.61. The average Bonchev–Trinajstić information content (AvgIpc) is 2.91. The predicted octanol–water partition coefficient (Wildman–Crippen LogP) is 5.87. The third-order valence-corrected chi connectivity index (χ3v) is 5.64. The number of alkyl halides is 1.